The Kier molecular flexibility index (Phi) is 2.68. The maximum atomic E-state index is 12.5. The highest BCUT2D eigenvalue weighted by atomic mass is 32.1. The summed E-state index contributed by atoms with van der Waals surface area (Å²) in [6.45, 7) is 0. The summed E-state index contributed by atoms with van der Waals surface area (Å²) in [5, 5.41) is 3.51. The molecule has 0 amide bonds. The molecular weight excluding hydrogens is 219 g/mol. The lowest BCUT2D eigenvalue weighted by atomic mass is 10.3. The molecule has 0 bridgehead atoms. The summed E-state index contributed by atoms with van der Waals surface area (Å²) in [5.41, 5.74) is 0. The number of carbonyl (C=O) groups is 1. The number of aromatic nitrogens is 2. The normalized spacial score (nSPS) is 9.93. The summed E-state index contributed by atoms with van der Waals surface area (Å²) in [5.74, 6) is -0.638. The van der Waals surface area contributed by atoms with Crippen molar-refractivity contribution in [1.82, 2.24) is 9.59 Å². The van der Waals surface area contributed by atoms with Crippen molar-refractivity contribution in [3.63, 3.8) is 0 Å². The van der Waals surface area contributed by atoms with Crippen molar-refractivity contribution in [2.45, 2.75) is 0 Å². The summed E-state index contributed by atoms with van der Waals surface area (Å²) in [6.07, 6.45) is 1.32. The van der Waals surface area contributed by atoms with E-state index in [0.29, 0.717) is 4.88 Å². The van der Waals surface area contributed by atoms with Gasteiger partial charge in [0.15, 0.2) is 4.88 Å². The molecule has 0 unspecified atom stereocenters. The molecule has 0 aliphatic carbocycles. The van der Waals surface area contributed by atoms with Gasteiger partial charge in [-0.3, -0.25) is 0 Å². The van der Waals surface area contributed by atoms with Crippen LogP contribution in [0.25, 0.3) is 0 Å². The van der Waals surface area contributed by atoms with Gasteiger partial charge in [0, 0.05) is 0 Å². The van der Waals surface area contributed by atoms with E-state index < -0.39 is 5.97 Å². The average molecular weight is 224 g/mol. The van der Waals surface area contributed by atoms with Crippen molar-refractivity contribution in [2.24, 2.45) is 0 Å². The van der Waals surface area contributed by atoms with Crippen LogP contribution in [0, 0.1) is 5.82 Å². The summed E-state index contributed by atoms with van der Waals surface area (Å²) < 4.78 is 21.0. The number of hydrogen-bond donors (Lipinski definition) is 0. The molecule has 0 spiro atoms. The van der Waals surface area contributed by atoms with E-state index in [1.807, 2.05) is 0 Å². The first-order valence-corrected chi connectivity index (χ1v) is 4.78. The van der Waals surface area contributed by atoms with E-state index in [1.165, 1.54) is 30.5 Å². The van der Waals surface area contributed by atoms with Crippen LogP contribution in [0.2, 0.25) is 0 Å². The first kappa shape index (κ1) is 9.72. The molecule has 6 heteroatoms. The Hall–Kier alpha value is -1.82. The number of esters is 1. The lowest BCUT2D eigenvalue weighted by molar-refractivity contribution is 0.0739. The molecule has 0 aliphatic heterocycles. The molecule has 2 rings (SSSR count). The van der Waals surface area contributed by atoms with Gasteiger partial charge in [0.05, 0.1) is 6.20 Å². The summed E-state index contributed by atoms with van der Waals surface area (Å²) in [4.78, 5) is 11.7. The Balaban J connectivity index is 2.09. The monoisotopic (exact) mass is 224 g/mol. The fourth-order valence-electron chi connectivity index (χ4n) is 0.917. The molecule has 0 atom stereocenters. The van der Waals surface area contributed by atoms with E-state index in [4.69, 9.17) is 4.74 Å². The smallest absolute Gasteiger partial charge is 0.357 e. The van der Waals surface area contributed by atoms with Gasteiger partial charge in [-0.1, -0.05) is 4.49 Å². The highest BCUT2D eigenvalue weighted by Gasteiger charge is 2.10. The van der Waals surface area contributed by atoms with Crippen molar-refractivity contribution in [3.8, 4) is 5.75 Å². The average Bonchev–Trinajstić information content (AvgIpc) is 2.74. The summed E-state index contributed by atoms with van der Waals surface area (Å²) >= 11 is 0.944. The van der Waals surface area contributed by atoms with E-state index in [2.05, 4.69) is 9.59 Å². The van der Waals surface area contributed by atoms with Crippen LogP contribution in [0.4, 0.5) is 4.39 Å². The molecule has 76 valence electrons. The van der Waals surface area contributed by atoms with Gasteiger partial charge in [0.2, 0.25) is 0 Å². The van der Waals surface area contributed by atoms with Crippen molar-refractivity contribution in [3.05, 3.63) is 41.2 Å². The molecule has 0 saturated heterocycles. The van der Waals surface area contributed by atoms with E-state index in [1.54, 1.807) is 0 Å². The van der Waals surface area contributed by atoms with Gasteiger partial charge in [0.25, 0.3) is 0 Å². The zero-order valence-corrected chi connectivity index (χ0v) is 8.20. The fourth-order valence-corrected chi connectivity index (χ4v) is 1.31. The van der Waals surface area contributed by atoms with E-state index in [0.717, 1.165) is 11.5 Å². The van der Waals surface area contributed by atoms with Gasteiger partial charge in [-0.05, 0) is 35.8 Å². The third-order valence-corrected chi connectivity index (χ3v) is 2.23. The van der Waals surface area contributed by atoms with Crippen LogP contribution in [0.5, 0.6) is 5.75 Å². The number of carbonyl (C=O) groups excluding carboxylic acids is 1. The minimum atomic E-state index is -0.545. The molecule has 0 radical (unpaired) electrons. The van der Waals surface area contributed by atoms with Crippen LogP contribution >= 0.6 is 11.5 Å². The molecular formula is C9H5FN2O2S. The van der Waals surface area contributed by atoms with E-state index in [9.17, 15) is 9.18 Å². The Morgan fingerprint density at radius 1 is 1.33 bits per heavy atom. The van der Waals surface area contributed by atoms with Crippen molar-refractivity contribution in [1.29, 1.82) is 0 Å². The zero-order chi connectivity index (χ0) is 10.7. The Morgan fingerprint density at radius 2 is 2.07 bits per heavy atom. The van der Waals surface area contributed by atoms with Crippen LogP contribution in [0.15, 0.2) is 30.5 Å². The van der Waals surface area contributed by atoms with Crippen LogP contribution in [0.1, 0.15) is 9.67 Å². The zero-order valence-electron chi connectivity index (χ0n) is 7.38. The number of benzene rings is 1. The van der Waals surface area contributed by atoms with Crippen molar-refractivity contribution in [2.75, 3.05) is 0 Å². The molecule has 1 aromatic carbocycles. The third kappa shape index (κ3) is 2.35. The second-order valence-corrected chi connectivity index (χ2v) is 3.41. The minimum Gasteiger partial charge on any atom is -0.422 e. The molecule has 0 fully saturated rings. The van der Waals surface area contributed by atoms with Gasteiger partial charge in [-0.25, -0.2) is 9.18 Å². The van der Waals surface area contributed by atoms with Crippen LogP contribution in [-0.2, 0) is 0 Å². The number of halogens is 1. The van der Waals surface area contributed by atoms with E-state index >= 15 is 0 Å². The lowest BCUT2D eigenvalue weighted by Gasteiger charge is -2.00. The quantitative estimate of drug-likeness (QED) is 0.577. The third-order valence-electron chi connectivity index (χ3n) is 1.59. The second-order valence-electron chi connectivity index (χ2n) is 2.63. The molecule has 0 saturated carbocycles. The molecule has 0 aliphatic rings. The lowest BCUT2D eigenvalue weighted by Crippen LogP contribution is -2.06. The van der Waals surface area contributed by atoms with Gasteiger partial charge in [0.1, 0.15) is 11.6 Å². The van der Waals surface area contributed by atoms with Gasteiger partial charge in [-0.15, -0.1) is 5.10 Å². The van der Waals surface area contributed by atoms with Crippen molar-refractivity contribution < 1.29 is 13.9 Å². The molecule has 4 nitrogen and oxygen atoms in total. The van der Waals surface area contributed by atoms with Crippen molar-refractivity contribution >= 4 is 17.5 Å². The second kappa shape index (κ2) is 4.14. The number of ether oxygens (including phenoxy) is 1. The Morgan fingerprint density at radius 3 is 2.67 bits per heavy atom. The SMILES string of the molecule is O=C(Oc1ccc(F)cc1)c1cnns1. The molecule has 1 heterocycles. The molecule has 2 aromatic rings. The first-order valence-electron chi connectivity index (χ1n) is 4.01. The number of nitrogens with zero attached hydrogens (tertiary/aromatic N) is 2. The van der Waals surface area contributed by atoms with E-state index in [-0.39, 0.29) is 11.6 Å². The topological polar surface area (TPSA) is 52.1 Å². The Bertz CT molecular complexity index is 455. The highest BCUT2D eigenvalue weighted by molar-refractivity contribution is 7.07. The predicted octanol–water partition coefficient (Wildman–Crippen LogP) is 1.90. The van der Waals surface area contributed by atoms with Gasteiger partial charge in [-0.2, -0.15) is 0 Å². The maximum absolute atomic E-state index is 12.5. The van der Waals surface area contributed by atoms with Gasteiger partial charge < -0.3 is 4.74 Å². The fraction of sp³-hybridized carbons (Fsp3) is 0. The summed E-state index contributed by atoms with van der Waals surface area (Å²) in [6, 6.07) is 5.18. The summed E-state index contributed by atoms with van der Waals surface area (Å²) in [7, 11) is 0. The largest absolute Gasteiger partial charge is 0.422 e. The predicted molar refractivity (Wildman–Crippen MR) is 51.3 cm³/mol. The van der Waals surface area contributed by atoms with Gasteiger partial charge >= 0.3 is 5.97 Å². The van der Waals surface area contributed by atoms with Crippen LogP contribution in [0.3, 0.4) is 0 Å². The maximum Gasteiger partial charge on any atom is 0.357 e. The highest BCUT2D eigenvalue weighted by Crippen LogP contribution is 2.14. The van der Waals surface area contributed by atoms with Crippen LogP contribution < -0.4 is 4.74 Å². The molecule has 1 aromatic heterocycles. The minimum absolute atomic E-state index is 0.287. The molecule has 0 N–H and O–H groups in total. The number of rotatable bonds is 2. The van der Waals surface area contributed by atoms with Crippen LogP contribution in [-0.4, -0.2) is 15.6 Å². The number of hydrogen-bond acceptors (Lipinski definition) is 5. The Labute approximate surface area is 88.5 Å². The standard InChI is InChI=1S/C9H5FN2O2S/c10-6-1-3-7(4-2-6)14-9(13)8-5-11-12-15-8/h1-5H. The first-order chi connectivity index (χ1) is 7.25. The molecule has 15 heavy (non-hydrogen) atoms.